The fourth-order valence-corrected chi connectivity index (χ4v) is 3.06. The lowest BCUT2D eigenvalue weighted by molar-refractivity contribution is 0.102. The van der Waals surface area contributed by atoms with E-state index < -0.39 is 0 Å². The largest absolute Gasteiger partial charge is 0.493 e. The number of ether oxygens (including phenoxy) is 1. The lowest BCUT2D eigenvalue weighted by Gasteiger charge is -2.13. The van der Waals surface area contributed by atoms with E-state index in [4.69, 9.17) is 16.3 Å². The molecule has 21 heavy (non-hydrogen) atoms. The number of hydrogen-bond donors (Lipinski definition) is 1. The minimum Gasteiger partial charge on any atom is -0.493 e. The molecule has 0 heterocycles. The molecule has 1 N–H and O–H groups in total. The van der Waals surface area contributed by atoms with Crippen LogP contribution in [0.2, 0.25) is 5.02 Å². The fraction of sp³-hybridized carbons (Fsp3) is 0.133. The molecule has 0 aromatic heterocycles. The maximum atomic E-state index is 12.3. The van der Waals surface area contributed by atoms with Crippen molar-refractivity contribution in [3.63, 3.8) is 0 Å². The minimum absolute atomic E-state index is 0.224. The molecule has 0 saturated carbocycles. The van der Waals surface area contributed by atoms with Crippen molar-refractivity contribution >= 4 is 55.1 Å². The second kappa shape index (κ2) is 6.81. The van der Waals surface area contributed by atoms with Crippen LogP contribution >= 0.6 is 43.5 Å². The van der Waals surface area contributed by atoms with Gasteiger partial charge < -0.3 is 10.1 Å². The fourth-order valence-electron chi connectivity index (χ4n) is 1.84. The summed E-state index contributed by atoms with van der Waals surface area (Å²) in [5.74, 6) is 0.305. The van der Waals surface area contributed by atoms with Crippen molar-refractivity contribution in [2.24, 2.45) is 0 Å². The summed E-state index contributed by atoms with van der Waals surface area (Å²) in [5.41, 5.74) is 2.07. The van der Waals surface area contributed by atoms with E-state index in [1.165, 1.54) is 7.11 Å². The van der Waals surface area contributed by atoms with Gasteiger partial charge in [-0.25, -0.2) is 0 Å². The maximum absolute atomic E-state index is 12.3. The maximum Gasteiger partial charge on any atom is 0.255 e. The van der Waals surface area contributed by atoms with Gasteiger partial charge in [0.25, 0.3) is 5.91 Å². The average Bonchev–Trinajstić information content (AvgIpc) is 2.41. The van der Waals surface area contributed by atoms with Crippen LogP contribution in [0.25, 0.3) is 0 Å². The zero-order chi connectivity index (χ0) is 15.6. The number of carbonyl (C=O) groups excluding carboxylic acids is 1. The molecule has 0 atom stereocenters. The highest BCUT2D eigenvalue weighted by atomic mass is 79.9. The Morgan fingerprint density at radius 2 is 1.90 bits per heavy atom. The Morgan fingerprint density at radius 1 is 1.19 bits per heavy atom. The number of aryl methyl sites for hydroxylation is 1. The first-order chi connectivity index (χ1) is 9.92. The molecule has 0 bridgehead atoms. The molecule has 0 aliphatic heterocycles. The molecule has 0 spiro atoms. The zero-order valence-electron chi connectivity index (χ0n) is 11.3. The predicted molar refractivity (Wildman–Crippen MR) is 92.5 cm³/mol. The van der Waals surface area contributed by atoms with E-state index in [0.717, 1.165) is 10.0 Å². The van der Waals surface area contributed by atoms with E-state index in [1.807, 2.05) is 19.1 Å². The molecule has 110 valence electrons. The van der Waals surface area contributed by atoms with Crippen LogP contribution in [0.3, 0.4) is 0 Å². The SMILES string of the molecule is COc1c(Br)cc(Cl)cc1NC(=O)c1ccc(Br)c(C)c1. The lowest BCUT2D eigenvalue weighted by Crippen LogP contribution is -2.13. The van der Waals surface area contributed by atoms with Gasteiger partial charge >= 0.3 is 0 Å². The summed E-state index contributed by atoms with van der Waals surface area (Å²) in [6.45, 7) is 1.93. The van der Waals surface area contributed by atoms with Gasteiger partial charge in [0.15, 0.2) is 5.75 Å². The molecule has 2 aromatic rings. The Kier molecular flexibility index (Phi) is 5.30. The van der Waals surface area contributed by atoms with Gasteiger partial charge in [0.05, 0.1) is 17.3 Å². The Hall–Kier alpha value is -1.04. The van der Waals surface area contributed by atoms with Crippen LogP contribution in [0.1, 0.15) is 15.9 Å². The number of amides is 1. The van der Waals surface area contributed by atoms with Crippen LogP contribution in [0, 0.1) is 6.92 Å². The topological polar surface area (TPSA) is 38.3 Å². The molecule has 0 fully saturated rings. The van der Waals surface area contributed by atoms with Crippen molar-refractivity contribution in [1.29, 1.82) is 0 Å². The summed E-state index contributed by atoms with van der Waals surface area (Å²) in [5, 5.41) is 3.32. The Labute approximate surface area is 144 Å². The summed E-state index contributed by atoms with van der Waals surface area (Å²) in [6.07, 6.45) is 0. The molecule has 0 unspecified atom stereocenters. The molecule has 2 aromatic carbocycles. The normalized spacial score (nSPS) is 10.3. The third-order valence-electron chi connectivity index (χ3n) is 2.88. The number of halogens is 3. The molecule has 3 nitrogen and oxygen atoms in total. The first kappa shape index (κ1) is 16.3. The third kappa shape index (κ3) is 3.78. The molecule has 0 saturated heterocycles. The van der Waals surface area contributed by atoms with Crippen LogP contribution in [0.5, 0.6) is 5.75 Å². The monoisotopic (exact) mass is 431 g/mol. The number of benzene rings is 2. The van der Waals surface area contributed by atoms with Crippen LogP contribution < -0.4 is 10.1 Å². The van der Waals surface area contributed by atoms with Crippen LogP contribution in [0.4, 0.5) is 5.69 Å². The predicted octanol–water partition coefficient (Wildman–Crippen LogP) is 5.43. The quantitative estimate of drug-likeness (QED) is 0.701. The smallest absolute Gasteiger partial charge is 0.255 e. The highest BCUT2D eigenvalue weighted by Crippen LogP contribution is 2.36. The van der Waals surface area contributed by atoms with E-state index in [0.29, 0.717) is 26.5 Å². The molecule has 0 aliphatic rings. The van der Waals surface area contributed by atoms with Crippen LogP contribution in [-0.4, -0.2) is 13.0 Å². The molecule has 2 rings (SSSR count). The van der Waals surface area contributed by atoms with Crippen molar-refractivity contribution in [3.8, 4) is 5.75 Å². The highest BCUT2D eigenvalue weighted by Gasteiger charge is 2.14. The van der Waals surface area contributed by atoms with Crippen LogP contribution in [0.15, 0.2) is 39.3 Å². The number of anilines is 1. The van der Waals surface area contributed by atoms with Crippen molar-refractivity contribution in [3.05, 3.63) is 55.4 Å². The van der Waals surface area contributed by atoms with E-state index in [1.54, 1.807) is 18.2 Å². The van der Waals surface area contributed by atoms with Gasteiger partial charge in [0, 0.05) is 15.1 Å². The highest BCUT2D eigenvalue weighted by molar-refractivity contribution is 9.10. The molecular weight excluding hydrogens is 421 g/mol. The molecule has 0 aliphatic carbocycles. The second-order valence-electron chi connectivity index (χ2n) is 4.39. The zero-order valence-corrected chi connectivity index (χ0v) is 15.3. The van der Waals surface area contributed by atoms with E-state index in [9.17, 15) is 4.79 Å². The Morgan fingerprint density at radius 3 is 2.52 bits per heavy atom. The van der Waals surface area contributed by atoms with E-state index in [2.05, 4.69) is 37.2 Å². The van der Waals surface area contributed by atoms with Crippen molar-refractivity contribution in [1.82, 2.24) is 0 Å². The third-order valence-corrected chi connectivity index (χ3v) is 4.58. The van der Waals surface area contributed by atoms with Crippen molar-refractivity contribution < 1.29 is 9.53 Å². The first-order valence-corrected chi connectivity index (χ1v) is 7.99. The molecule has 0 radical (unpaired) electrons. The van der Waals surface area contributed by atoms with Gasteiger partial charge in [-0.05, 0) is 58.7 Å². The minimum atomic E-state index is -0.224. The summed E-state index contributed by atoms with van der Waals surface area (Å²) >= 11 is 12.8. The Bertz CT molecular complexity index is 704. The van der Waals surface area contributed by atoms with Gasteiger partial charge in [-0.3, -0.25) is 4.79 Å². The summed E-state index contributed by atoms with van der Waals surface area (Å²) in [7, 11) is 1.54. The molecular formula is C15H12Br2ClNO2. The summed E-state index contributed by atoms with van der Waals surface area (Å²) in [4.78, 5) is 12.3. The average molecular weight is 434 g/mol. The van der Waals surface area contributed by atoms with Crippen molar-refractivity contribution in [2.75, 3.05) is 12.4 Å². The van der Waals surface area contributed by atoms with Gasteiger partial charge in [-0.2, -0.15) is 0 Å². The number of hydrogen-bond acceptors (Lipinski definition) is 2. The standard InChI is InChI=1S/C15H12Br2ClNO2/c1-8-5-9(3-4-11(8)16)15(20)19-13-7-10(18)6-12(17)14(13)21-2/h3-7H,1-2H3,(H,19,20). The lowest BCUT2D eigenvalue weighted by atomic mass is 10.1. The number of rotatable bonds is 3. The van der Waals surface area contributed by atoms with E-state index in [-0.39, 0.29) is 5.91 Å². The number of carbonyl (C=O) groups is 1. The van der Waals surface area contributed by atoms with Gasteiger partial charge in [0.1, 0.15) is 0 Å². The Balaban J connectivity index is 2.33. The number of methoxy groups -OCH3 is 1. The summed E-state index contributed by atoms with van der Waals surface area (Å²) in [6, 6.07) is 8.76. The number of nitrogens with one attached hydrogen (secondary N) is 1. The summed E-state index contributed by atoms with van der Waals surface area (Å²) < 4.78 is 6.92. The van der Waals surface area contributed by atoms with E-state index >= 15 is 0 Å². The second-order valence-corrected chi connectivity index (χ2v) is 6.53. The van der Waals surface area contributed by atoms with Gasteiger partial charge in [-0.1, -0.05) is 27.5 Å². The van der Waals surface area contributed by atoms with Gasteiger partial charge in [0.2, 0.25) is 0 Å². The molecule has 1 amide bonds. The van der Waals surface area contributed by atoms with Gasteiger partial charge in [-0.15, -0.1) is 0 Å². The molecule has 6 heteroatoms. The van der Waals surface area contributed by atoms with Crippen molar-refractivity contribution in [2.45, 2.75) is 6.92 Å². The van der Waals surface area contributed by atoms with Crippen LogP contribution in [-0.2, 0) is 0 Å². The first-order valence-electron chi connectivity index (χ1n) is 6.03.